The summed E-state index contributed by atoms with van der Waals surface area (Å²) in [5.41, 5.74) is 0. The molecule has 7 N–H and O–H groups in total. The summed E-state index contributed by atoms with van der Waals surface area (Å²) < 4.78 is 47.4. The second kappa shape index (κ2) is 32.1. The maximum atomic E-state index is 13.0. The molecule has 1 saturated heterocycles. The smallest absolute Gasteiger partial charge is 0.394 e. The van der Waals surface area contributed by atoms with Crippen LogP contribution in [0.3, 0.4) is 0 Å². The number of unbranched alkanes of at least 4 members (excludes halogenated alkanes) is 23. The molecule has 0 aliphatic carbocycles. The molecule has 54 heavy (non-hydrogen) atoms. The molecule has 1 aliphatic heterocycles. The monoisotopic (exact) mass is 798 g/mol. The van der Waals surface area contributed by atoms with Crippen molar-refractivity contribution >= 4 is 16.3 Å². The number of carbonyl (C=O) groups excluding carboxylic acids is 1. The van der Waals surface area contributed by atoms with Crippen LogP contribution in [0.4, 0.5) is 0 Å². The fraction of sp³-hybridized carbons (Fsp3) is 0.975. The van der Waals surface area contributed by atoms with Gasteiger partial charge in [0.05, 0.1) is 25.4 Å². The Hall–Kier alpha value is -0.940. The highest BCUT2D eigenvalue weighted by Gasteiger charge is 2.48. The minimum atomic E-state index is -5.10. The van der Waals surface area contributed by atoms with Gasteiger partial charge in [-0.3, -0.25) is 9.35 Å². The first-order chi connectivity index (χ1) is 25.9. The lowest BCUT2D eigenvalue weighted by Gasteiger charge is -2.41. The Kier molecular flexibility index (Phi) is 30.3. The number of rotatable bonds is 36. The molecule has 8 unspecified atom stereocenters. The summed E-state index contributed by atoms with van der Waals surface area (Å²) in [6.07, 6.45) is 18.8. The third kappa shape index (κ3) is 24.6. The van der Waals surface area contributed by atoms with Gasteiger partial charge in [-0.2, -0.15) is 8.42 Å². The van der Waals surface area contributed by atoms with Gasteiger partial charge in [-0.15, -0.1) is 0 Å². The van der Waals surface area contributed by atoms with Gasteiger partial charge in [0.25, 0.3) is 0 Å². The Bertz CT molecular complexity index is 1010. The summed E-state index contributed by atoms with van der Waals surface area (Å²) >= 11 is 0. The van der Waals surface area contributed by atoms with Crippen LogP contribution in [-0.4, -0.2) is 107 Å². The van der Waals surface area contributed by atoms with Crippen LogP contribution in [0.25, 0.3) is 0 Å². The second-order valence-electron chi connectivity index (χ2n) is 15.4. The van der Waals surface area contributed by atoms with E-state index in [1.54, 1.807) is 0 Å². The molecule has 322 valence electrons. The van der Waals surface area contributed by atoms with E-state index in [2.05, 4.69) is 23.3 Å². The number of amides is 1. The van der Waals surface area contributed by atoms with Crippen molar-refractivity contribution in [2.45, 2.75) is 236 Å². The number of aliphatic hydroxyl groups is 5. The predicted molar refractivity (Wildman–Crippen MR) is 210 cm³/mol. The lowest BCUT2D eigenvalue weighted by molar-refractivity contribution is -0.298. The van der Waals surface area contributed by atoms with Crippen LogP contribution in [0, 0.1) is 0 Å². The Labute approximate surface area is 327 Å². The summed E-state index contributed by atoms with van der Waals surface area (Å²) in [6.45, 7) is 3.24. The van der Waals surface area contributed by atoms with E-state index in [-0.39, 0.29) is 6.42 Å². The molecule has 13 nitrogen and oxygen atoms in total. The summed E-state index contributed by atoms with van der Waals surface area (Å²) in [5, 5.41) is 55.1. The van der Waals surface area contributed by atoms with Crippen molar-refractivity contribution in [3.63, 3.8) is 0 Å². The zero-order valence-corrected chi connectivity index (χ0v) is 34.5. The van der Waals surface area contributed by atoms with Crippen molar-refractivity contribution in [1.29, 1.82) is 0 Å². The number of aliphatic hydroxyl groups excluding tert-OH is 5. The van der Waals surface area contributed by atoms with Gasteiger partial charge in [-0.05, 0) is 12.8 Å². The molecular weight excluding hydrogens is 719 g/mol. The van der Waals surface area contributed by atoms with Crippen molar-refractivity contribution in [2.24, 2.45) is 0 Å². The van der Waals surface area contributed by atoms with E-state index in [0.717, 1.165) is 38.5 Å². The first-order valence-electron chi connectivity index (χ1n) is 21.5. The van der Waals surface area contributed by atoms with Gasteiger partial charge in [-0.1, -0.05) is 174 Å². The normalized spacial score (nSPS) is 22.3. The van der Waals surface area contributed by atoms with Crippen LogP contribution in [0.2, 0.25) is 0 Å². The van der Waals surface area contributed by atoms with Gasteiger partial charge in [0.15, 0.2) is 6.29 Å². The molecule has 0 aromatic carbocycles. The standard InChI is InChI=1S/C40H79NO12S/c1-3-5-7-9-11-13-14-15-16-17-18-19-21-23-25-27-29-34(44)39(47)41-32(33(43)28-26-24-22-20-12-10-8-6-4-2)31-51-40-37(46)38(53-54(48,49)50)36(45)35(30-42)52-40/h32-38,40,42-46H,3-31H2,1-2H3,(H,41,47)(H,48,49,50). The van der Waals surface area contributed by atoms with Gasteiger partial charge in [0.2, 0.25) is 5.91 Å². The van der Waals surface area contributed by atoms with Crippen LogP contribution in [0.15, 0.2) is 0 Å². The molecule has 1 fully saturated rings. The van der Waals surface area contributed by atoms with Crippen LogP contribution < -0.4 is 5.32 Å². The van der Waals surface area contributed by atoms with E-state index >= 15 is 0 Å². The molecule has 14 heteroatoms. The molecule has 0 saturated carbocycles. The minimum absolute atomic E-state index is 0.265. The zero-order chi connectivity index (χ0) is 40.0. The maximum Gasteiger partial charge on any atom is 0.397 e. The number of hydrogen-bond acceptors (Lipinski definition) is 11. The van der Waals surface area contributed by atoms with E-state index in [9.17, 15) is 38.7 Å². The molecular formula is C40H79NO12S. The third-order valence-electron chi connectivity index (χ3n) is 10.5. The van der Waals surface area contributed by atoms with Crippen molar-refractivity contribution in [1.82, 2.24) is 5.32 Å². The Morgan fingerprint density at radius 3 is 1.48 bits per heavy atom. The molecule has 1 aliphatic rings. The molecule has 8 atom stereocenters. The van der Waals surface area contributed by atoms with E-state index in [1.165, 1.54) is 109 Å². The Balaban J connectivity index is 2.55. The molecule has 0 aromatic rings. The van der Waals surface area contributed by atoms with Crippen molar-refractivity contribution < 1.29 is 57.0 Å². The lowest BCUT2D eigenvalue weighted by atomic mass is 9.99. The Morgan fingerprint density at radius 1 is 0.667 bits per heavy atom. The fourth-order valence-corrected chi connectivity index (χ4v) is 7.56. The number of ether oxygens (including phenoxy) is 2. The van der Waals surface area contributed by atoms with Crippen LogP contribution in [0.5, 0.6) is 0 Å². The number of carbonyl (C=O) groups is 1. The van der Waals surface area contributed by atoms with E-state index in [4.69, 9.17) is 14.0 Å². The zero-order valence-electron chi connectivity index (χ0n) is 33.7. The van der Waals surface area contributed by atoms with Gasteiger partial charge in [-0.25, -0.2) is 4.18 Å². The van der Waals surface area contributed by atoms with E-state index in [1.807, 2.05) is 0 Å². The summed E-state index contributed by atoms with van der Waals surface area (Å²) in [6, 6.07) is -1.02. The van der Waals surface area contributed by atoms with Gasteiger partial charge < -0.3 is 40.3 Å². The van der Waals surface area contributed by atoms with E-state index < -0.39 is 78.5 Å². The van der Waals surface area contributed by atoms with Crippen molar-refractivity contribution in [2.75, 3.05) is 13.2 Å². The van der Waals surface area contributed by atoms with E-state index in [0.29, 0.717) is 19.3 Å². The fourth-order valence-electron chi connectivity index (χ4n) is 7.05. The van der Waals surface area contributed by atoms with Crippen LogP contribution in [-0.2, 0) is 28.9 Å². The average Bonchev–Trinajstić information content (AvgIpc) is 3.14. The molecule has 0 radical (unpaired) electrons. The minimum Gasteiger partial charge on any atom is -0.394 e. The molecule has 1 rings (SSSR count). The largest absolute Gasteiger partial charge is 0.397 e. The first-order valence-corrected chi connectivity index (χ1v) is 22.9. The Morgan fingerprint density at radius 2 is 1.07 bits per heavy atom. The van der Waals surface area contributed by atoms with Gasteiger partial charge in [0.1, 0.15) is 30.5 Å². The van der Waals surface area contributed by atoms with Crippen LogP contribution in [0.1, 0.15) is 187 Å². The molecule has 0 aromatic heterocycles. The average molecular weight is 798 g/mol. The molecule has 1 heterocycles. The molecule has 0 spiro atoms. The summed E-state index contributed by atoms with van der Waals surface area (Å²) in [5.74, 6) is -0.669. The van der Waals surface area contributed by atoms with Gasteiger partial charge in [0, 0.05) is 0 Å². The topological polar surface area (TPSA) is 212 Å². The highest BCUT2D eigenvalue weighted by molar-refractivity contribution is 7.80. The number of nitrogens with one attached hydrogen (secondary N) is 1. The first kappa shape index (κ1) is 51.1. The SMILES string of the molecule is CCCCCCCCCCCCCCCCCCC(O)C(=O)NC(COC1OC(CO)C(O)C(OS(=O)(=O)O)C1O)C(O)CCCCCCCCCCC. The maximum absolute atomic E-state index is 13.0. The highest BCUT2D eigenvalue weighted by atomic mass is 32.3. The lowest BCUT2D eigenvalue weighted by Crippen LogP contribution is -2.61. The quantitative estimate of drug-likeness (QED) is 0.0271. The highest BCUT2D eigenvalue weighted by Crippen LogP contribution is 2.26. The third-order valence-corrected chi connectivity index (χ3v) is 11.0. The van der Waals surface area contributed by atoms with Crippen LogP contribution >= 0.6 is 0 Å². The molecule has 0 bridgehead atoms. The summed E-state index contributed by atoms with van der Waals surface area (Å²) in [7, 11) is -5.10. The van der Waals surface area contributed by atoms with Crippen molar-refractivity contribution in [3.8, 4) is 0 Å². The predicted octanol–water partition coefficient (Wildman–Crippen LogP) is 6.41. The van der Waals surface area contributed by atoms with Gasteiger partial charge >= 0.3 is 10.4 Å². The summed E-state index contributed by atoms with van der Waals surface area (Å²) in [4.78, 5) is 13.0. The number of hydrogen-bond donors (Lipinski definition) is 7. The molecule has 1 amide bonds. The van der Waals surface area contributed by atoms with Crippen molar-refractivity contribution in [3.05, 3.63) is 0 Å². The second-order valence-corrected chi connectivity index (χ2v) is 16.5.